The zero-order valence-electron chi connectivity index (χ0n) is 11.5. The Balaban J connectivity index is 2.04. The summed E-state index contributed by atoms with van der Waals surface area (Å²) in [5.74, 6) is 0.987. The van der Waals surface area contributed by atoms with E-state index in [0.717, 1.165) is 15.6 Å². The van der Waals surface area contributed by atoms with E-state index in [2.05, 4.69) is 21.2 Å². The number of benzene rings is 2. The quantitative estimate of drug-likeness (QED) is 0.806. The van der Waals surface area contributed by atoms with Gasteiger partial charge in [-0.1, -0.05) is 24.3 Å². The zero-order valence-corrected chi connectivity index (χ0v) is 13.9. The fourth-order valence-electron chi connectivity index (χ4n) is 1.83. The van der Waals surface area contributed by atoms with Crippen LogP contribution in [0.3, 0.4) is 0 Å². The molecule has 21 heavy (non-hydrogen) atoms. The molecule has 1 N–H and O–H groups in total. The van der Waals surface area contributed by atoms with Gasteiger partial charge in [-0.05, 0) is 45.3 Å². The van der Waals surface area contributed by atoms with E-state index in [9.17, 15) is 4.79 Å². The summed E-state index contributed by atoms with van der Waals surface area (Å²) < 4.78 is 5.87. The van der Waals surface area contributed by atoms with E-state index in [1.807, 2.05) is 24.3 Å². The number of carbonyl (C=O) groups is 1. The first-order valence-corrected chi connectivity index (χ1v) is 7.72. The Bertz CT molecular complexity index is 629. The lowest BCUT2D eigenvalue weighted by Crippen LogP contribution is -2.23. The Morgan fingerprint density at radius 3 is 2.48 bits per heavy atom. The number of halogens is 2. The number of nitrogens with one attached hydrogen (secondary N) is 1. The van der Waals surface area contributed by atoms with Gasteiger partial charge in [0.1, 0.15) is 5.75 Å². The van der Waals surface area contributed by atoms with Crippen LogP contribution in [0.5, 0.6) is 5.75 Å². The summed E-state index contributed by atoms with van der Waals surface area (Å²) in [5, 5.41) is 2.89. The van der Waals surface area contributed by atoms with Crippen molar-refractivity contribution < 1.29 is 9.53 Å². The predicted molar refractivity (Wildman–Crippen MR) is 87.9 cm³/mol. The van der Waals surface area contributed by atoms with E-state index in [4.69, 9.17) is 16.3 Å². The van der Waals surface area contributed by atoms with Gasteiger partial charge in [0.15, 0.2) is 0 Å². The molecule has 0 heterocycles. The third-order valence-electron chi connectivity index (χ3n) is 3.05. The molecule has 110 valence electrons. The van der Waals surface area contributed by atoms with Crippen LogP contribution in [-0.4, -0.2) is 13.0 Å². The molecule has 5 heteroatoms. The first-order chi connectivity index (χ1) is 10.1. The van der Waals surface area contributed by atoms with Crippen molar-refractivity contribution in [3.63, 3.8) is 0 Å². The SMILES string of the molecule is COc1ccc(Br)c(C(=O)NCc2ccc(CCl)cc2)c1. The number of alkyl halides is 1. The van der Waals surface area contributed by atoms with Crippen molar-refractivity contribution in [1.82, 2.24) is 5.32 Å². The lowest BCUT2D eigenvalue weighted by Gasteiger charge is -2.09. The van der Waals surface area contributed by atoms with Gasteiger partial charge in [0, 0.05) is 16.9 Å². The number of methoxy groups -OCH3 is 1. The first-order valence-electron chi connectivity index (χ1n) is 6.39. The second-order valence-electron chi connectivity index (χ2n) is 4.48. The van der Waals surface area contributed by atoms with Crippen molar-refractivity contribution in [2.45, 2.75) is 12.4 Å². The van der Waals surface area contributed by atoms with Crippen molar-refractivity contribution >= 4 is 33.4 Å². The van der Waals surface area contributed by atoms with E-state index >= 15 is 0 Å². The summed E-state index contributed by atoms with van der Waals surface area (Å²) in [6.45, 7) is 0.463. The fourth-order valence-corrected chi connectivity index (χ4v) is 2.43. The van der Waals surface area contributed by atoms with Gasteiger partial charge < -0.3 is 10.1 Å². The molecule has 0 saturated heterocycles. The van der Waals surface area contributed by atoms with Crippen LogP contribution in [0.25, 0.3) is 0 Å². The summed E-state index contributed by atoms with van der Waals surface area (Å²) in [6.07, 6.45) is 0. The van der Waals surface area contributed by atoms with Gasteiger partial charge in [-0.25, -0.2) is 0 Å². The molecule has 0 aliphatic carbocycles. The number of carbonyl (C=O) groups excluding carboxylic acids is 1. The van der Waals surface area contributed by atoms with Crippen LogP contribution < -0.4 is 10.1 Å². The number of hydrogen-bond acceptors (Lipinski definition) is 2. The molecule has 0 fully saturated rings. The van der Waals surface area contributed by atoms with Crippen LogP contribution in [0.4, 0.5) is 0 Å². The lowest BCUT2D eigenvalue weighted by molar-refractivity contribution is 0.0950. The Morgan fingerprint density at radius 2 is 1.86 bits per heavy atom. The topological polar surface area (TPSA) is 38.3 Å². The smallest absolute Gasteiger partial charge is 0.252 e. The van der Waals surface area contributed by atoms with Crippen LogP contribution in [-0.2, 0) is 12.4 Å². The highest BCUT2D eigenvalue weighted by Crippen LogP contribution is 2.22. The molecule has 0 aliphatic heterocycles. The van der Waals surface area contributed by atoms with Gasteiger partial charge in [0.2, 0.25) is 0 Å². The molecule has 0 aliphatic rings. The van der Waals surface area contributed by atoms with Crippen molar-refractivity contribution in [2.24, 2.45) is 0 Å². The molecule has 0 atom stereocenters. The van der Waals surface area contributed by atoms with E-state index in [-0.39, 0.29) is 5.91 Å². The monoisotopic (exact) mass is 367 g/mol. The summed E-state index contributed by atoms with van der Waals surface area (Å²) in [7, 11) is 1.57. The van der Waals surface area contributed by atoms with E-state index in [1.54, 1.807) is 25.3 Å². The van der Waals surface area contributed by atoms with Crippen molar-refractivity contribution in [3.05, 3.63) is 63.6 Å². The van der Waals surface area contributed by atoms with Gasteiger partial charge >= 0.3 is 0 Å². The maximum atomic E-state index is 12.2. The molecule has 0 spiro atoms. The molecule has 0 bridgehead atoms. The van der Waals surface area contributed by atoms with Gasteiger partial charge in [-0.3, -0.25) is 4.79 Å². The fraction of sp³-hybridized carbons (Fsp3) is 0.188. The predicted octanol–water partition coefficient (Wildman–Crippen LogP) is 4.13. The first kappa shape index (κ1) is 15.9. The normalized spacial score (nSPS) is 10.2. The molecule has 0 saturated carbocycles. The van der Waals surface area contributed by atoms with Crippen LogP contribution in [0.2, 0.25) is 0 Å². The summed E-state index contributed by atoms with van der Waals surface area (Å²) >= 11 is 9.12. The third kappa shape index (κ3) is 4.22. The van der Waals surface area contributed by atoms with Crippen molar-refractivity contribution in [1.29, 1.82) is 0 Å². The summed E-state index contributed by atoms with van der Waals surface area (Å²) in [6, 6.07) is 13.1. The molecule has 2 aromatic carbocycles. The van der Waals surface area contributed by atoms with Gasteiger partial charge in [-0.2, -0.15) is 0 Å². The van der Waals surface area contributed by atoms with Crippen LogP contribution >= 0.6 is 27.5 Å². The molecule has 2 rings (SSSR count). The molecule has 3 nitrogen and oxygen atoms in total. The van der Waals surface area contributed by atoms with Crippen LogP contribution in [0, 0.1) is 0 Å². The van der Waals surface area contributed by atoms with Gasteiger partial charge in [0.05, 0.1) is 12.7 Å². The molecule has 0 radical (unpaired) electrons. The largest absolute Gasteiger partial charge is 0.497 e. The average molecular weight is 369 g/mol. The molecule has 1 amide bonds. The highest BCUT2D eigenvalue weighted by Gasteiger charge is 2.11. The van der Waals surface area contributed by atoms with Crippen molar-refractivity contribution in [3.8, 4) is 5.75 Å². The molecular weight excluding hydrogens is 354 g/mol. The standard InChI is InChI=1S/C16H15BrClNO2/c1-21-13-6-7-15(17)14(8-13)16(20)19-10-12-4-2-11(9-18)3-5-12/h2-8H,9-10H2,1H3,(H,19,20). The Labute approximate surface area is 137 Å². The Morgan fingerprint density at radius 1 is 1.19 bits per heavy atom. The summed E-state index contributed by atoms with van der Waals surface area (Å²) in [4.78, 5) is 12.2. The Kier molecular flexibility index (Phi) is 5.65. The minimum atomic E-state index is -0.151. The minimum absolute atomic E-state index is 0.151. The second kappa shape index (κ2) is 7.48. The molecule has 0 unspecified atom stereocenters. The zero-order chi connectivity index (χ0) is 15.2. The van der Waals surface area contributed by atoms with E-state index in [1.165, 1.54) is 0 Å². The highest BCUT2D eigenvalue weighted by atomic mass is 79.9. The van der Waals surface area contributed by atoms with Gasteiger partial charge in [-0.15, -0.1) is 11.6 Å². The van der Waals surface area contributed by atoms with Crippen LogP contribution in [0.15, 0.2) is 46.9 Å². The average Bonchev–Trinajstić information content (AvgIpc) is 2.53. The van der Waals surface area contributed by atoms with E-state index < -0.39 is 0 Å². The lowest BCUT2D eigenvalue weighted by atomic mass is 10.1. The molecular formula is C16H15BrClNO2. The van der Waals surface area contributed by atoms with Crippen molar-refractivity contribution in [2.75, 3.05) is 7.11 Å². The number of hydrogen-bond donors (Lipinski definition) is 1. The molecule has 0 aromatic heterocycles. The molecule has 2 aromatic rings. The van der Waals surface area contributed by atoms with Gasteiger partial charge in [0.25, 0.3) is 5.91 Å². The summed E-state index contributed by atoms with van der Waals surface area (Å²) in [5.41, 5.74) is 2.63. The number of ether oxygens (including phenoxy) is 1. The minimum Gasteiger partial charge on any atom is -0.497 e. The van der Waals surface area contributed by atoms with E-state index in [0.29, 0.717) is 23.7 Å². The maximum Gasteiger partial charge on any atom is 0.252 e. The van der Waals surface area contributed by atoms with Crippen LogP contribution in [0.1, 0.15) is 21.5 Å². The Hall–Kier alpha value is -1.52. The number of amides is 1. The maximum absolute atomic E-state index is 12.2. The third-order valence-corrected chi connectivity index (χ3v) is 4.05. The number of rotatable bonds is 5. The second-order valence-corrected chi connectivity index (χ2v) is 5.60. The highest BCUT2D eigenvalue weighted by molar-refractivity contribution is 9.10.